The number of Topliss-reactive ketones (excluding diaryl/α,β-unsaturated/α-hetero) is 1. The second-order valence-corrected chi connectivity index (χ2v) is 5.18. The first-order valence-corrected chi connectivity index (χ1v) is 6.12. The van der Waals surface area contributed by atoms with E-state index in [4.69, 9.17) is 0 Å². The van der Waals surface area contributed by atoms with Crippen LogP contribution < -0.4 is 5.32 Å². The lowest BCUT2D eigenvalue weighted by molar-refractivity contribution is -0.123. The Morgan fingerprint density at radius 3 is 2.75 bits per heavy atom. The number of hydrogen-bond acceptors (Lipinski definition) is 3. The maximum atomic E-state index is 12.0. The van der Waals surface area contributed by atoms with Gasteiger partial charge in [-0.05, 0) is 48.0 Å². The van der Waals surface area contributed by atoms with Gasteiger partial charge in [-0.1, -0.05) is 6.92 Å². The first-order chi connectivity index (χ1) is 7.45. The van der Waals surface area contributed by atoms with E-state index < -0.39 is 5.54 Å². The smallest absolute Gasteiger partial charge is 0.156 e. The van der Waals surface area contributed by atoms with Crippen LogP contribution in [-0.4, -0.2) is 22.9 Å². The van der Waals surface area contributed by atoms with Crippen molar-refractivity contribution < 1.29 is 4.79 Å². The Morgan fingerprint density at radius 2 is 2.19 bits per heavy atom. The summed E-state index contributed by atoms with van der Waals surface area (Å²) < 4.78 is 0.902. The molecule has 0 amide bonds. The summed E-state index contributed by atoms with van der Waals surface area (Å²) >= 11 is 3.34. The molecule has 88 valence electrons. The summed E-state index contributed by atoms with van der Waals surface area (Å²) in [5.41, 5.74) is 0.460. The number of ketones is 1. The van der Waals surface area contributed by atoms with Gasteiger partial charge in [0.1, 0.15) is 0 Å². The zero-order chi connectivity index (χ0) is 12.2. The molecule has 1 N–H and O–H groups in total. The van der Waals surface area contributed by atoms with Gasteiger partial charge < -0.3 is 5.32 Å². The van der Waals surface area contributed by atoms with Gasteiger partial charge in [0.05, 0.1) is 5.54 Å². The number of hydrogen-bond donors (Lipinski definition) is 1. The van der Waals surface area contributed by atoms with Gasteiger partial charge in [0.2, 0.25) is 0 Å². The van der Waals surface area contributed by atoms with Crippen molar-refractivity contribution in [1.82, 2.24) is 10.3 Å². The zero-order valence-corrected chi connectivity index (χ0v) is 11.5. The van der Waals surface area contributed by atoms with Crippen LogP contribution in [0.15, 0.2) is 22.9 Å². The molecule has 16 heavy (non-hydrogen) atoms. The zero-order valence-electron chi connectivity index (χ0n) is 9.88. The molecule has 0 atom stereocenters. The molecule has 1 aromatic heterocycles. The van der Waals surface area contributed by atoms with E-state index in [0.717, 1.165) is 16.6 Å². The van der Waals surface area contributed by atoms with Crippen LogP contribution in [0.4, 0.5) is 0 Å². The standard InChI is InChI=1S/C12H17BrN2O/c1-4-15-12(2,3)11(16)6-9-5-10(13)8-14-7-9/h5,7-8,15H,4,6H2,1-3H3. The van der Waals surface area contributed by atoms with Crippen molar-refractivity contribution in [2.75, 3.05) is 6.54 Å². The third-order valence-corrected chi connectivity index (χ3v) is 2.88. The number of nitrogens with zero attached hydrogens (tertiary/aromatic N) is 1. The summed E-state index contributed by atoms with van der Waals surface area (Å²) in [6.07, 6.45) is 3.85. The van der Waals surface area contributed by atoms with Crippen molar-refractivity contribution in [3.63, 3.8) is 0 Å². The van der Waals surface area contributed by atoms with E-state index in [2.05, 4.69) is 26.2 Å². The van der Waals surface area contributed by atoms with Gasteiger partial charge in [-0.25, -0.2) is 0 Å². The molecule has 0 unspecified atom stereocenters. The predicted molar refractivity (Wildman–Crippen MR) is 68.4 cm³/mol. The molecule has 1 rings (SSSR count). The largest absolute Gasteiger partial charge is 0.306 e. The minimum absolute atomic E-state index is 0.175. The lowest BCUT2D eigenvalue weighted by atomic mass is 9.94. The average molecular weight is 285 g/mol. The molecule has 0 aromatic carbocycles. The molecule has 0 saturated carbocycles. The van der Waals surface area contributed by atoms with Crippen molar-refractivity contribution in [2.45, 2.75) is 32.7 Å². The van der Waals surface area contributed by atoms with Gasteiger partial charge in [0.25, 0.3) is 0 Å². The summed E-state index contributed by atoms with van der Waals surface area (Å²) in [5.74, 6) is 0.175. The topological polar surface area (TPSA) is 42.0 Å². The van der Waals surface area contributed by atoms with Crippen LogP contribution >= 0.6 is 15.9 Å². The highest BCUT2D eigenvalue weighted by Crippen LogP contribution is 2.13. The minimum Gasteiger partial charge on any atom is -0.306 e. The molecule has 0 fully saturated rings. The molecule has 0 radical (unpaired) electrons. The number of rotatable bonds is 5. The highest BCUT2D eigenvalue weighted by molar-refractivity contribution is 9.10. The molecule has 0 aliphatic rings. The van der Waals surface area contributed by atoms with Crippen molar-refractivity contribution in [3.8, 4) is 0 Å². The number of aromatic nitrogens is 1. The second kappa shape index (κ2) is 5.55. The lowest BCUT2D eigenvalue weighted by Crippen LogP contribution is -2.47. The van der Waals surface area contributed by atoms with E-state index in [1.165, 1.54) is 0 Å². The summed E-state index contributed by atoms with van der Waals surface area (Å²) in [6, 6.07) is 1.92. The maximum absolute atomic E-state index is 12.0. The minimum atomic E-state index is -0.475. The molecule has 0 saturated heterocycles. The fourth-order valence-corrected chi connectivity index (χ4v) is 1.91. The molecule has 1 aromatic rings. The number of carbonyl (C=O) groups is 1. The van der Waals surface area contributed by atoms with Crippen molar-refractivity contribution in [2.24, 2.45) is 0 Å². The molecule has 0 spiro atoms. The first kappa shape index (κ1) is 13.3. The predicted octanol–water partition coefficient (Wildman–Crippen LogP) is 2.34. The molecular formula is C12H17BrN2O. The van der Waals surface area contributed by atoms with Gasteiger partial charge in [-0.15, -0.1) is 0 Å². The highest BCUT2D eigenvalue weighted by atomic mass is 79.9. The van der Waals surface area contributed by atoms with Gasteiger partial charge >= 0.3 is 0 Å². The van der Waals surface area contributed by atoms with Crippen LogP contribution in [0.25, 0.3) is 0 Å². The first-order valence-electron chi connectivity index (χ1n) is 5.33. The van der Waals surface area contributed by atoms with E-state index in [9.17, 15) is 4.79 Å². The van der Waals surface area contributed by atoms with Crippen LogP contribution in [0, 0.1) is 0 Å². The van der Waals surface area contributed by atoms with Gasteiger partial charge in [0, 0.05) is 23.3 Å². The molecular weight excluding hydrogens is 268 g/mol. The Bertz CT molecular complexity index is 377. The van der Waals surface area contributed by atoms with Crippen molar-refractivity contribution in [1.29, 1.82) is 0 Å². The number of carbonyl (C=O) groups excluding carboxylic acids is 1. The summed E-state index contributed by atoms with van der Waals surface area (Å²) in [7, 11) is 0. The molecule has 1 heterocycles. The lowest BCUT2D eigenvalue weighted by Gasteiger charge is -2.24. The maximum Gasteiger partial charge on any atom is 0.156 e. The summed E-state index contributed by atoms with van der Waals surface area (Å²) in [5, 5.41) is 3.17. The SMILES string of the molecule is CCNC(C)(C)C(=O)Cc1cncc(Br)c1. The van der Waals surface area contributed by atoms with Crippen LogP contribution in [-0.2, 0) is 11.2 Å². The number of halogens is 1. The highest BCUT2D eigenvalue weighted by Gasteiger charge is 2.25. The van der Waals surface area contributed by atoms with Gasteiger partial charge in [0.15, 0.2) is 5.78 Å². The van der Waals surface area contributed by atoms with E-state index in [0.29, 0.717) is 6.42 Å². The fraction of sp³-hybridized carbons (Fsp3) is 0.500. The van der Waals surface area contributed by atoms with Crippen LogP contribution in [0.5, 0.6) is 0 Å². The van der Waals surface area contributed by atoms with Crippen LogP contribution in [0.1, 0.15) is 26.3 Å². The monoisotopic (exact) mass is 284 g/mol. The Labute approximate surface area is 105 Å². The Morgan fingerprint density at radius 1 is 1.50 bits per heavy atom. The second-order valence-electron chi connectivity index (χ2n) is 4.27. The van der Waals surface area contributed by atoms with Crippen molar-refractivity contribution >= 4 is 21.7 Å². The number of pyridine rings is 1. The fourth-order valence-electron chi connectivity index (χ4n) is 1.50. The Hall–Kier alpha value is -0.740. The number of likely N-dealkylation sites (N-methyl/N-ethyl adjacent to an activating group) is 1. The number of nitrogens with one attached hydrogen (secondary N) is 1. The van der Waals surface area contributed by atoms with E-state index in [-0.39, 0.29) is 5.78 Å². The molecule has 0 aliphatic carbocycles. The summed E-state index contributed by atoms with van der Waals surface area (Å²) in [4.78, 5) is 16.1. The van der Waals surface area contributed by atoms with E-state index in [1.54, 1.807) is 12.4 Å². The van der Waals surface area contributed by atoms with Crippen LogP contribution in [0.3, 0.4) is 0 Å². The third kappa shape index (κ3) is 3.68. The average Bonchev–Trinajstić information content (AvgIpc) is 2.17. The molecule has 0 aliphatic heterocycles. The molecule has 3 nitrogen and oxygen atoms in total. The summed E-state index contributed by atoms with van der Waals surface area (Å²) in [6.45, 7) is 6.60. The Kier molecular flexibility index (Phi) is 4.62. The normalized spacial score (nSPS) is 11.5. The van der Waals surface area contributed by atoms with Crippen LogP contribution in [0.2, 0.25) is 0 Å². The van der Waals surface area contributed by atoms with E-state index in [1.807, 2.05) is 26.8 Å². The Balaban J connectivity index is 2.71. The van der Waals surface area contributed by atoms with Gasteiger partial charge in [-0.3, -0.25) is 9.78 Å². The van der Waals surface area contributed by atoms with Gasteiger partial charge in [-0.2, -0.15) is 0 Å². The quantitative estimate of drug-likeness (QED) is 0.903. The molecule has 4 heteroatoms. The van der Waals surface area contributed by atoms with E-state index >= 15 is 0 Å². The molecule has 0 bridgehead atoms. The third-order valence-electron chi connectivity index (χ3n) is 2.44. The van der Waals surface area contributed by atoms with Crippen molar-refractivity contribution in [3.05, 3.63) is 28.5 Å².